The summed E-state index contributed by atoms with van der Waals surface area (Å²) in [5.74, 6) is 0. The second kappa shape index (κ2) is 1.84. The molecule has 0 atom stereocenters. The monoisotopic (exact) mass is 206 g/mol. The van der Waals surface area contributed by atoms with Crippen LogP contribution in [0, 0.1) is 4.90 Å². The Morgan fingerprint density at radius 1 is 1.22 bits per heavy atom. The predicted molar refractivity (Wildman–Crippen MR) is 36.3 cm³/mol. The summed E-state index contributed by atoms with van der Waals surface area (Å²) >= 11 is 5.07. The number of hydrogen-bond acceptors (Lipinski definition) is 3. The van der Waals surface area contributed by atoms with Gasteiger partial charge in [0.1, 0.15) is 0 Å². The van der Waals surface area contributed by atoms with Crippen molar-refractivity contribution in [2.75, 3.05) is 0 Å². The summed E-state index contributed by atoms with van der Waals surface area (Å²) < 4.78 is 10.0. The Balaban J connectivity index is 3.08. The van der Waals surface area contributed by atoms with Crippen molar-refractivity contribution in [3.8, 4) is 0 Å². The molecular weight excluding hydrogens is 203 g/mol. The molecule has 0 unspecified atom stereocenters. The van der Waals surface area contributed by atoms with Crippen LogP contribution in [0.25, 0.3) is 11.2 Å². The molecule has 0 aliphatic rings. The minimum absolute atomic E-state index is 0.225. The summed E-state index contributed by atoms with van der Waals surface area (Å²) in [6.45, 7) is 0. The Morgan fingerprint density at radius 3 is 2.33 bits per heavy atom. The van der Waals surface area contributed by atoms with E-state index < -0.39 is 0 Å². The van der Waals surface area contributed by atoms with Gasteiger partial charge in [0.15, 0.2) is 0 Å². The minimum atomic E-state index is 0.225. The van der Waals surface area contributed by atoms with Gasteiger partial charge in [-0.1, -0.05) is 0 Å². The van der Waals surface area contributed by atoms with Gasteiger partial charge in [-0.15, -0.1) is 0 Å². The van der Waals surface area contributed by atoms with Gasteiger partial charge < -0.3 is 0 Å². The van der Waals surface area contributed by atoms with Crippen LogP contribution in [-0.2, 0) is 0 Å². The molecule has 0 radical (unpaired) electrons. The van der Waals surface area contributed by atoms with Crippen LogP contribution < -0.4 is 0 Å². The molecule has 0 saturated carbocycles. The molecule has 2 heterocycles. The maximum absolute atomic E-state index is 5.00. The Labute approximate surface area is 61.8 Å². The second-order valence-corrected chi connectivity index (χ2v) is 3.45. The first-order valence-electron chi connectivity index (χ1n) is 2.32. The molecule has 0 N–H and O–H groups in total. The van der Waals surface area contributed by atoms with E-state index in [4.69, 9.17) is 8.83 Å². The van der Waals surface area contributed by atoms with Crippen molar-refractivity contribution in [2.45, 2.75) is 0 Å². The van der Waals surface area contributed by atoms with Crippen molar-refractivity contribution in [3.05, 3.63) is 14.8 Å². The molecule has 46 valence electrons. The first kappa shape index (κ1) is 5.47. The molecule has 0 aliphatic carbocycles. The summed E-state index contributed by atoms with van der Waals surface area (Å²) in [4.78, 5) is 4.23. The molecule has 4 heteroatoms. The van der Waals surface area contributed by atoms with Crippen LogP contribution in [0.3, 0.4) is 0 Å². The van der Waals surface area contributed by atoms with E-state index in [1.165, 1.54) is 0 Å². The standard InChI is InChI=1S/C5H2O2SSe/c8-5-6-3-1-9-2-4(3)7-5/h1-2H. The van der Waals surface area contributed by atoms with Gasteiger partial charge >= 0.3 is 61.5 Å². The summed E-state index contributed by atoms with van der Waals surface area (Å²) in [6, 6.07) is 0. The van der Waals surface area contributed by atoms with Crippen molar-refractivity contribution in [1.82, 2.24) is 0 Å². The van der Waals surface area contributed by atoms with Crippen LogP contribution in [0.5, 0.6) is 0 Å². The van der Waals surface area contributed by atoms with Gasteiger partial charge in [-0.05, 0) is 0 Å². The third-order valence-corrected chi connectivity index (χ3v) is 2.62. The summed E-state index contributed by atoms with van der Waals surface area (Å²) in [5, 5.41) is 0. The fourth-order valence-electron chi connectivity index (χ4n) is 0.623. The van der Waals surface area contributed by atoms with Crippen LogP contribution in [-0.4, -0.2) is 14.5 Å². The van der Waals surface area contributed by atoms with Gasteiger partial charge in [0, 0.05) is 0 Å². The Hall–Kier alpha value is -0.311. The van der Waals surface area contributed by atoms with E-state index in [9.17, 15) is 0 Å². The van der Waals surface area contributed by atoms with Crippen LogP contribution in [0.4, 0.5) is 0 Å². The summed E-state index contributed by atoms with van der Waals surface area (Å²) in [7, 11) is 0. The Morgan fingerprint density at radius 2 is 1.78 bits per heavy atom. The number of rotatable bonds is 0. The summed E-state index contributed by atoms with van der Waals surface area (Å²) in [6.07, 6.45) is 0. The van der Waals surface area contributed by atoms with Gasteiger partial charge in [0.25, 0.3) is 0 Å². The van der Waals surface area contributed by atoms with Crippen LogP contribution in [0.2, 0.25) is 0 Å². The van der Waals surface area contributed by atoms with Crippen LogP contribution >= 0.6 is 12.2 Å². The molecule has 2 nitrogen and oxygen atoms in total. The first-order chi connectivity index (χ1) is 4.36. The molecule has 2 rings (SSSR count). The third-order valence-electron chi connectivity index (χ3n) is 0.980. The zero-order valence-electron chi connectivity index (χ0n) is 4.29. The first-order valence-corrected chi connectivity index (χ1v) is 4.71. The van der Waals surface area contributed by atoms with Gasteiger partial charge in [-0.3, -0.25) is 0 Å². The maximum atomic E-state index is 5.00. The normalized spacial score (nSPS) is 10.7. The van der Waals surface area contributed by atoms with Crippen molar-refractivity contribution in [1.29, 1.82) is 0 Å². The molecule has 2 aromatic rings. The van der Waals surface area contributed by atoms with Gasteiger partial charge in [-0.25, -0.2) is 0 Å². The SMILES string of the molecule is S=c1oc2c[se]cc2o1. The Kier molecular flexibility index (Phi) is 1.12. The molecular formula is C5H2O2SSe. The zero-order chi connectivity index (χ0) is 6.27. The molecule has 0 aliphatic heterocycles. The van der Waals surface area contributed by atoms with E-state index in [0.717, 1.165) is 11.2 Å². The molecule has 9 heavy (non-hydrogen) atoms. The van der Waals surface area contributed by atoms with E-state index in [2.05, 4.69) is 12.2 Å². The van der Waals surface area contributed by atoms with Crippen molar-refractivity contribution in [2.24, 2.45) is 0 Å². The zero-order valence-corrected chi connectivity index (χ0v) is 6.82. The topological polar surface area (TPSA) is 26.3 Å². The average molecular weight is 205 g/mol. The molecule has 0 spiro atoms. The fourth-order valence-corrected chi connectivity index (χ4v) is 2.15. The molecule has 0 saturated heterocycles. The van der Waals surface area contributed by atoms with Crippen LogP contribution in [0.1, 0.15) is 0 Å². The average Bonchev–Trinajstić information content (AvgIpc) is 2.22. The van der Waals surface area contributed by atoms with Crippen molar-refractivity contribution in [3.63, 3.8) is 0 Å². The van der Waals surface area contributed by atoms with Gasteiger partial charge in [-0.2, -0.15) is 0 Å². The van der Waals surface area contributed by atoms with E-state index >= 15 is 0 Å². The molecule has 0 bridgehead atoms. The van der Waals surface area contributed by atoms with E-state index in [1.54, 1.807) is 0 Å². The summed E-state index contributed by atoms with van der Waals surface area (Å²) in [5.41, 5.74) is 1.61. The number of hydrogen-bond donors (Lipinski definition) is 0. The molecule has 0 fully saturated rings. The van der Waals surface area contributed by atoms with Gasteiger partial charge in [0.2, 0.25) is 0 Å². The third kappa shape index (κ3) is 0.795. The second-order valence-electron chi connectivity index (χ2n) is 1.55. The molecule has 0 aromatic carbocycles. The quantitative estimate of drug-likeness (QED) is 0.484. The molecule has 0 amide bonds. The van der Waals surface area contributed by atoms with Crippen molar-refractivity contribution >= 4 is 37.9 Å². The van der Waals surface area contributed by atoms with Gasteiger partial charge in [0.05, 0.1) is 0 Å². The van der Waals surface area contributed by atoms with E-state index in [-0.39, 0.29) is 4.90 Å². The van der Waals surface area contributed by atoms with Crippen molar-refractivity contribution < 1.29 is 8.83 Å². The predicted octanol–water partition coefficient (Wildman–Crippen LogP) is 1.81. The van der Waals surface area contributed by atoms with E-state index in [0.29, 0.717) is 14.5 Å². The molecule has 2 aromatic heterocycles. The fraction of sp³-hybridized carbons (Fsp3) is 0. The van der Waals surface area contributed by atoms with Crippen LogP contribution in [0.15, 0.2) is 18.7 Å². The number of fused-ring (bicyclic) bond motifs is 1. The Bertz CT molecular complexity index is 338. The van der Waals surface area contributed by atoms with E-state index in [1.807, 2.05) is 9.88 Å².